The van der Waals surface area contributed by atoms with Gasteiger partial charge in [0.15, 0.2) is 0 Å². The predicted molar refractivity (Wildman–Crippen MR) is 135 cm³/mol. The van der Waals surface area contributed by atoms with Crippen LogP contribution < -0.4 is 10.5 Å². The molecule has 4 rings (SSSR count). The summed E-state index contributed by atoms with van der Waals surface area (Å²) in [5.41, 5.74) is 1.64. The maximum atomic E-state index is 13.9. The number of aryl methyl sites for hydroxylation is 2. The molecule has 3 atom stereocenters. The highest BCUT2D eigenvalue weighted by Gasteiger charge is 2.40. The van der Waals surface area contributed by atoms with Crippen LogP contribution in [0.1, 0.15) is 56.5 Å². The molecule has 0 amide bonds. The fraction of sp³-hybridized carbons (Fsp3) is 0.538. The van der Waals surface area contributed by atoms with Gasteiger partial charge in [0, 0.05) is 56.2 Å². The maximum absolute atomic E-state index is 13.9. The molecule has 8 nitrogen and oxygen atoms in total. The summed E-state index contributed by atoms with van der Waals surface area (Å²) in [6, 6.07) is 4.17. The molecule has 4 heterocycles. The normalized spacial score (nSPS) is 19.8. The van der Waals surface area contributed by atoms with Crippen molar-refractivity contribution >= 4 is 16.7 Å². The van der Waals surface area contributed by atoms with Crippen molar-refractivity contribution < 1.29 is 13.2 Å². The Bertz CT molecular complexity index is 1390. The van der Waals surface area contributed by atoms with Crippen molar-refractivity contribution in [2.45, 2.75) is 71.4 Å². The molecule has 0 saturated carbocycles. The lowest BCUT2D eigenvalue weighted by atomic mass is 9.95. The van der Waals surface area contributed by atoms with Gasteiger partial charge in [-0.15, -0.1) is 0 Å². The first-order chi connectivity index (χ1) is 17.5. The minimum atomic E-state index is -4.47. The van der Waals surface area contributed by atoms with Crippen LogP contribution >= 0.6 is 0 Å². The van der Waals surface area contributed by atoms with Crippen molar-refractivity contribution in [1.82, 2.24) is 24.2 Å². The van der Waals surface area contributed by atoms with Gasteiger partial charge in [-0.1, -0.05) is 13.8 Å². The van der Waals surface area contributed by atoms with Crippen LogP contribution in [0.3, 0.4) is 0 Å². The van der Waals surface area contributed by atoms with Crippen LogP contribution in [-0.2, 0) is 19.8 Å². The molecule has 0 radical (unpaired) electrons. The SMILES string of the molecule is CC[C@H]1CN(C(C)c2cnc(C)cc2C(F)(F)F)[C@H](CC)CN1c1cc(=O)n(C)c2cn(CC#N)nc12. The van der Waals surface area contributed by atoms with Gasteiger partial charge in [-0.2, -0.15) is 23.5 Å². The van der Waals surface area contributed by atoms with E-state index in [1.807, 2.05) is 20.8 Å². The van der Waals surface area contributed by atoms with E-state index in [0.717, 1.165) is 18.9 Å². The number of hydrogen-bond donors (Lipinski definition) is 0. The smallest absolute Gasteiger partial charge is 0.364 e. The zero-order valence-electron chi connectivity index (χ0n) is 21.7. The molecule has 1 aliphatic heterocycles. The van der Waals surface area contributed by atoms with Crippen LogP contribution in [0.15, 0.2) is 29.3 Å². The summed E-state index contributed by atoms with van der Waals surface area (Å²) >= 11 is 0. The first-order valence-electron chi connectivity index (χ1n) is 12.5. The van der Waals surface area contributed by atoms with Crippen molar-refractivity contribution in [3.63, 3.8) is 0 Å². The van der Waals surface area contributed by atoms with E-state index < -0.39 is 17.8 Å². The van der Waals surface area contributed by atoms with Crippen molar-refractivity contribution in [3.8, 4) is 6.07 Å². The predicted octanol–water partition coefficient (Wildman–Crippen LogP) is 4.42. The van der Waals surface area contributed by atoms with Crippen molar-refractivity contribution in [1.29, 1.82) is 5.26 Å². The zero-order valence-corrected chi connectivity index (χ0v) is 21.7. The van der Waals surface area contributed by atoms with Gasteiger partial charge in [0.05, 0.1) is 29.0 Å². The van der Waals surface area contributed by atoms with Gasteiger partial charge in [0.1, 0.15) is 12.1 Å². The molecule has 0 bridgehead atoms. The van der Waals surface area contributed by atoms with Gasteiger partial charge in [-0.25, -0.2) is 0 Å². The van der Waals surface area contributed by atoms with E-state index in [9.17, 15) is 18.0 Å². The first kappa shape index (κ1) is 26.7. The Labute approximate surface area is 213 Å². The molecule has 0 aliphatic carbocycles. The highest BCUT2D eigenvalue weighted by molar-refractivity contribution is 5.88. The van der Waals surface area contributed by atoms with Crippen LogP contribution in [0.2, 0.25) is 0 Å². The van der Waals surface area contributed by atoms with Crippen LogP contribution in [0.5, 0.6) is 0 Å². The summed E-state index contributed by atoms with van der Waals surface area (Å²) in [6.07, 6.45) is 0.0312. The van der Waals surface area contributed by atoms with Crippen molar-refractivity contribution in [2.24, 2.45) is 7.05 Å². The maximum Gasteiger partial charge on any atom is 0.416 e. The highest BCUT2D eigenvalue weighted by Crippen LogP contribution is 2.39. The third kappa shape index (κ3) is 4.94. The van der Waals surface area contributed by atoms with E-state index in [2.05, 4.69) is 26.0 Å². The zero-order chi connectivity index (χ0) is 27.1. The number of piperazine rings is 1. The standard InChI is InChI=1S/C26H32F3N7O/c1-6-18-14-36(22-11-24(37)33(5)23-15-34(9-8-30)32-25(22)23)19(7-2)13-35(18)17(4)20-12-31-16(3)10-21(20)26(27,28)29/h10-12,15,17-19H,6-7,9,13-14H2,1-5H3/t17?,18-,19+/m1/s1. The second-order valence-corrected chi connectivity index (χ2v) is 9.71. The Morgan fingerprint density at radius 2 is 1.89 bits per heavy atom. The average molecular weight is 516 g/mol. The summed E-state index contributed by atoms with van der Waals surface area (Å²) in [4.78, 5) is 21.3. The van der Waals surface area contributed by atoms with E-state index in [4.69, 9.17) is 5.26 Å². The second-order valence-electron chi connectivity index (χ2n) is 9.71. The van der Waals surface area contributed by atoms with Gasteiger partial charge in [-0.3, -0.25) is 19.4 Å². The third-order valence-corrected chi connectivity index (χ3v) is 7.49. The fourth-order valence-corrected chi connectivity index (χ4v) is 5.39. The van der Waals surface area contributed by atoms with Crippen molar-refractivity contribution in [2.75, 3.05) is 18.0 Å². The Morgan fingerprint density at radius 1 is 1.19 bits per heavy atom. The largest absolute Gasteiger partial charge is 0.416 e. The molecule has 0 N–H and O–H groups in total. The lowest BCUT2D eigenvalue weighted by molar-refractivity contribution is -0.139. The van der Waals surface area contributed by atoms with E-state index in [1.54, 1.807) is 26.2 Å². The molecule has 1 fully saturated rings. The van der Waals surface area contributed by atoms with E-state index in [1.165, 1.54) is 15.4 Å². The third-order valence-electron chi connectivity index (χ3n) is 7.49. The highest BCUT2D eigenvalue weighted by atomic mass is 19.4. The summed E-state index contributed by atoms with van der Waals surface area (Å²) in [7, 11) is 1.67. The Morgan fingerprint density at radius 3 is 2.51 bits per heavy atom. The number of alkyl halides is 3. The summed E-state index contributed by atoms with van der Waals surface area (Å²) in [5.74, 6) is 0. The lowest BCUT2D eigenvalue weighted by Gasteiger charge is -2.49. The molecule has 3 aromatic rings. The van der Waals surface area contributed by atoms with Gasteiger partial charge in [0.25, 0.3) is 5.56 Å². The molecule has 3 aromatic heterocycles. The van der Waals surface area contributed by atoms with Crippen LogP contribution in [-0.4, -0.2) is 49.4 Å². The van der Waals surface area contributed by atoms with Crippen LogP contribution in [0, 0.1) is 18.3 Å². The minimum absolute atomic E-state index is 0.0468. The molecular weight excluding hydrogens is 483 g/mol. The lowest BCUT2D eigenvalue weighted by Crippen LogP contribution is -2.59. The number of hydrogen-bond acceptors (Lipinski definition) is 6. The summed E-state index contributed by atoms with van der Waals surface area (Å²) in [6.45, 7) is 8.56. The van der Waals surface area contributed by atoms with Gasteiger partial charge in [0.2, 0.25) is 0 Å². The number of nitrogens with zero attached hydrogens (tertiary/aromatic N) is 7. The van der Waals surface area contributed by atoms with E-state index >= 15 is 0 Å². The quantitative estimate of drug-likeness (QED) is 0.483. The monoisotopic (exact) mass is 515 g/mol. The van der Waals surface area contributed by atoms with Gasteiger partial charge in [-0.05, 0) is 38.3 Å². The van der Waals surface area contributed by atoms with Crippen molar-refractivity contribution in [3.05, 3.63) is 51.7 Å². The minimum Gasteiger partial charge on any atom is -0.364 e. The summed E-state index contributed by atoms with van der Waals surface area (Å²) < 4.78 is 44.8. The number of fused-ring (bicyclic) bond motifs is 1. The van der Waals surface area contributed by atoms with Crippen LogP contribution in [0.25, 0.3) is 11.0 Å². The van der Waals surface area contributed by atoms with Gasteiger partial charge >= 0.3 is 6.18 Å². The molecule has 11 heteroatoms. The molecule has 198 valence electrons. The Hall–Kier alpha value is -3.39. The molecular formula is C26H32F3N7O. The number of rotatable bonds is 6. The number of anilines is 1. The number of pyridine rings is 2. The number of aromatic nitrogens is 4. The Balaban J connectivity index is 1.75. The molecule has 0 spiro atoms. The van der Waals surface area contributed by atoms with E-state index in [0.29, 0.717) is 35.5 Å². The molecule has 1 aliphatic rings. The molecule has 0 aromatic carbocycles. The Kier molecular flexibility index (Phi) is 7.33. The second kappa shape index (κ2) is 10.2. The number of nitriles is 1. The number of halogens is 3. The molecule has 1 unspecified atom stereocenters. The molecule has 1 saturated heterocycles. The summed E-state index contributed by atoms with van der Waals surface area (Å²) in [5, 5.41) is 13.7. The fourth-order valence-electron chi connectivity index (χ4n) is 5.39. The average Bonchev–Trinajstić information content (AvgIpc) is 3.29. The molecule has 37 heavy (non-hydrogen) atoms. The van der Waals surface area contributed by atoms with Gasteiger partial charge < -0.3 is 9.47 Å². The first-order valence-corrected chi connectivity index (χ1v) is 12.5. The topological polar surface area (TPSA) is 83.0 Å². The van der Waals surface area contributed by atoms with Crippen LogP contribution in [0.4, 0.5) is 18.9 Å². The van der Waals surface area contributed by atoms with E-state index in [-0.39, 0.29) is 29.8 Å².